The van der Waals surface area contributed by atoms with E-state index in [2.05, 4.69) is 271 Å². The summed E-state index contributed by atoms with van der Waals surface area (Å²) in [6.45, 7) is 5.20. The van der Waals surface area contributed by atoms with E-state index in [-0.39, 0.29) is 23.1 Å². The van der Waals surface area contributed by atoms with Crippen molar-refractivity contribution in [2.75, 3.05) is 14.7 Å². The third-order valence-corrected chi connectivity index (χ3v) is 19.7. The maximum atomic E-state index is 2.93. The first-order valence-electron chi connectivity index (χ1n) is 27.8. The van der Waals surface area contributed by atoms with Crippen LogP contribution in [-0.2, 0) is 22.8 Å². The SMILES string of the molecule is CC12CCCCC1(c1ccccc1)c1cccc3c1N2c1cc(N2c4ccccc4C4(c5ccccc5)CCc5ccccc5C24C)cc2c1B3c1cc(-c3ccccc3)ccc1N2c1ccc(-c2ccccc2)cc1. The summed E-state index contributed by atoms with van der Waals surface area (Å²) in [5.41, 5.74) is 25.3. The molecule has 4 aliphatic heterocycles. The minimum atomic E-state index is -0.488. The molecule has 0 radical (unpaired) electrons. The highest BCUT2D eigenvalue weighted by Gasteiger charge is 2.66. The third kappa shape index (κ3) is 5.59. The summed E-state index contributed by atoms with van der Waals surface area (Å²) in [7, 11) is 0. The van der Waals surface area contributed by atoms with E-state index in [1.165, 1.54) is 119 Å². The average molecular weight is 976 g/mol. The minimum Gasteiger partial charge on any atom is -0.335 e. The van der Waals surface area contributed by atoms with E-state index in [0.717, 1.165) is 31.4 Å². The summed E-state index contributed by atoms with van der Waals surface area (Å²) < 4.78 is 0. The molecule has 0 bridgehead atoms. The molecular weight excluding hydrogens is 918 g/mol. The lowest BCUT2D eigenvalue weighted by Crippen LogP contribution is -2.65. The summed E-state index contributed by atoms with van der Waals surface area (Å²) in [5.74, 6) is 0. The van der Waals surface area contributed by atoms with E-state index in [4.69, 9.17) is 0 Å². The molecule has 6 aliphatic rings. The number of benzene rings is 10. The van der Waals surface area contributed by atoms with Gasteiger partial charge in [-0.1, -0.05) is 219 Å². The maximum Gasteiger partial charge on any atom is 0.252 e. The molecule has 0 aromatic heterocycles. The highest BCUT2D eigenvalue weighted by molar-refractivity contribution is 7.00. The van der Waals surface area contributed by atoms with Crippen molar-refractivity contribution >= 4 is 62.9 Å². The van der Waals surface area contributed by atoms with Crippen LogP contribution in [0.1, 0.15) is 79.3 Å². The first-order chi connectivity index (χ1) is 37.4. The molecule has 3 nitrogen and oxygen atoms in total. The van der Waals surface area contributed by atoms with Crippen LogP contribution in [0.2, 0.25) is 0 Å². The Labute approximate surface area is 447 Å². The van der Waals surface area contributed by atoms with Gasteiger partial charge in [-0.15, -0.1) is 0 Å². The lowest BCUT2D eigenvalue weighted by Gasteiger charge is -2.55. The summed E-state index contributed by atoms with van der Waals surface area (Å²) >= 11 is 0. The van der Waals surface area contributed by atoms with E-state index in [1.807, 2.05) is 0 Å². The number of fused-ring (bicyclic) bond motifs is 12. The van der Waals surface area contributed by atoms with E-state index in [1.54, 1.807) is 0 Å². The molecule has 10 aromatic carbocycles. The average Bonchev–Trinajstić information content (AvgIpc) is 4.11. The van der Waals surface area contributed by atoms with Gasteiger partial charge < -0.3 is 14.7 Å². The molecule has 1 fully saturated rings. The number of hydrogen-bond donors (Lipinski definition) is 0. The Morgan fingerprint density at radius 3 is 1.70 bits per heavy atom. The smallest absolute Gasteiger partial charge is 0.252 e. The monoisotopic (exact) mass is 975 g/mol. The highest BCUT2D eigenvalue weighted by Crippen LogP contribution is 2.68. The molecule has 16 rings (SSSR count). The van der Waals surface area contributed by atoms with Gasteiger partial charge in [0.1, 0.15) is 0 Å². The zero-order chi connectivity index (χ0) is 50.4. The van der Waals surface area contributed by atoms with Crippen LogP contribution in [0.15, 0.2) is 243 Å². The normalized spacial score (nSPS) is 22.9. The molecule has 0 N–H and O–H groups in total. The number of para-hydroxylation sites is 2. The van der Waals surface area contributed by atoms with Crippen LogP contribution in [0.25, 0.3) is 22.3 Å². The third-order valence-electron chi connectivity index (χ3n) is 19.7. The molecule has 0 amide bonds. The van der Waals surface area contributed by atoms with Gasteiger partial charge in [-0.2, -0.15) is 0 Å². The Hall–Kier alpha value is -8.34. The van der Waals surface area contributed by atoms with Gasteiger partial charge in [-0.05, 0) is 148 Å². The minimum absolute atomic E-state index is 0.0133. The Morgan fingerprint density at radius 1 is 0.382 bits per heavy atom. The molecule has 4 heterocycles. The van der Waals surface area contributed by atoms with Gasteiger partial charge in [0.25, 0.3) is 6.71 Å². The second-order valence-corrected chi connectivity index (χ2v) is 22.9. The van der Waals surface area contributed by atoms with Gasteiger partial charge in [-0.3, -0.25) is 0 Å². The molecule has 4 unspecified atom stereocenters. The number of anilines is 7. The van der Waals surface area contributed by atoms with Crippen molar-refractivity contribution in [2.24, 2.45) is 0 Å². The quantitative estimate of drug-likeness (QED) is 0.154. The lowest BCUT2D eigenvalue weighted by molar-refractivity contribution is 0.215. The molecule has 2 aliphatic carbocycles. The predicted octanol–water partition coefficient (Wildman–Crippen LogP) is 15.7. The fourth-order valence-electron chi connectivity index (χ4n) is 16.6. The van der Waals surface area contributed by atoms with Crippen molar-refractivity contribution in [3.05, 3.63) is 276 Å². The van der Waals surface area contributed by atoms with Gasteiger partial charge in [0.15, 0.2) is 0 Å². The largest absolute Gasteiger partial charge is 0.335 e. The summed E-state index contributed by atoms with van der Waals surface area (Å²) in [4.78, 5) is 8.38. The first kappa shape index (κ1) is 44.0. The highest BCUT2D eigenvalue weighted by atomic mass is 15.3. The predicted molar refractivity (Wildman–Crippen MR) is 317 cm³/mol. The van der Waals surface area contributed by atoms with Crippen molar-refractivity contribution in [2.45, 2.75) is 74.3 Å². The van der Waals surface area contributed by atoms with Gasteiger partial charge in [-0.25, -0.2) is 0 Å². The lowest BCUT2D eigenvalue weighted by atomic mass is 9.33. The molecule has 0 saturated heterocycles. The fourth-order valence-corrected chi connectivity index (χ4v) is 16.6. The number of aryl methyl sites for hydroxylation is 1. The second kappa shape index (κ2) is 16.1. The Bertz CT molecular complexity index is 3950. The van der Waals surface area contributed by atoms with Crippen molar-refractivity contribution in [1.82, 2.24) is 0 Å². The van der Waals surface area contributed by atoms with Gasteiger partial charge in [0, 0.05) is 45.2 Å². The van der Waals surface area contributed by atoms with Crippen molar-refractivity contribution in [3.63, 3.8) is 0 Å². The van der Waals surface area contributed by atoms with Crippen LogP contribution < -0.4 is 31.1 Å². The zero-order valence-electron chi connectivity index (χ0n) is 43.3. The molecule has 1 saturated carbocycles. The van der Waals surface area contributed by atoms with E-state index >= 15 is 0 Å². The molecule has 4 heteroatoms. The van der Waals surface area contributed by atoms with Crippen molar-refractivity contribution < 1.29 is 0 Å². The first-order valence-corrected chi connectivity index (χ1v) is 27.8. The van der Waals surface area contributed by atoms with E-state index in [0.29, 0.717) is 0 Å². The van der Waals surface area contributed by atoms with Crippen LogP contribution >= 0.6 is 0 Å². The molecule has 10 aromatic rings. The molecule has 364 valence electrons. The number of rotatable bonds is 6. The van der Waals surface area contributed by atoms with Crippen LogP contribution in [-0.4, -0.2) is 12.3 Å². The fraction of sp³-hybridized carbons (Fsp3) is 0.167. The Morgan fingerprint density at radius 2 is 0.961 bits per heavy atom. The van der Waals surface area contributed by atoms with E-state index < -0.39 is 5.54 Å². The summed E-state index contributed by atoms with van der Waals surface area (Å²) in [6, 6.07) is 93.2. The molecule has 4 atom stereocenters. The van der Waals surface area contributed by atoms with Crippen LogP contribution in [0.4, 0.5) is 39.8 Å². The molecule has 0 spiro atoms. The summed E-state index contributed by atoms with van der Waals surface area (Å²) in [5, 5.41) is 0. The standard InChI is InChI=1S/C72H58BN3/c1-69-43-19-20-44-71(69,54-27-11-5-12-28-54)60-33-21-34-61-68(60)76(69)66-48-57(75-63-35-18-17-32-59(63)72(55-29-13-6-14-30-55)45-42-52-26-15-16-31-58(52)70(72,75)2)47-65-67(66)73(61)62-46-53(50-24-9-4-10-25-50)38-41-64(62)74(65)56-39-36-51(37-40-56)49-22-7-3-8-23-49/h3-18,21-41,46-48H,19-20,42-45H2,1-2H3. The molecular formula is C72H58BN3. The number of hydrogen-bond acceptors (Lipinski definition) is 3. The van der Waals surface area contributed by atoms with Crippen LogP contribution in [0.5, 0.6) is 0 Å². The zero-order valence-corrected chi connectivity index (χ0v) is 43.3. The van der Waals surface area contributed by atoms with Gasteiger partial charge in [0.05, 0.1) is 16.5 Å². The topological polar surface area (TPSA) is 9.72 Å². The van der Waals surface area contributed by atoms with Gasteiger partial charge >= 0.3 is 0 Å². The molecule has 76 heavy (non-hydrogen) atoms. The second-order valence-electron chi connectivity index (χ2n) is 22.9. The van der Waals surface area contributed by atoms with Gasteiger partial charge in [0.2, 0.25) is 0 Å². The number of nitrogens with zero attached hydrogens (tertiary/aromatic N) is 3. The van der Waals surface area contributed by atoms with Crippen LogP contribution in [0.3, 0.4) is 0 Å². The summed E-state index contributed by atoms with van der Waals surface area (Å²) in [6.07, 6.45) is 6.61. The maximum absolute atomic E-state index is 2.93. The Kier molecular flexibility index (Phi) is 9.32. The van der Waals surface area contributed by atoms with Crippen LogP contribution in [0, 0.1) is 0 Å². The van der Waals surface area contributed by atoms with Crippen molar-refractivity contribution in [3.8, 4) is 22.3 Å². The Balaban J connectivity index is 1.03. The van der Waals surface area contributed by atoms with Crippen molar-refractivity contribution in [1.29, 1.82) is 0 Å². The van der Waals surface area contributed by atoms with E-state index in [9.17, 15) is 0 Å².